The minimum absolute atomic E-state index is 0.227. The van der Waals surface area contributed by atoms with Gasteiger partial charge in [0.05, 0.1) is 13.4 Å². The highest BCUT2D eigenvalue weighted by Gasteiger charge is 2.10. The highest BCUT2D eigenvalue weighted by atomic mass is 79.9. The van der Waals surface area contributed by atoms with Crippen LogP contribution in [0.25, 0.3) is 0 Å². The number of methoxy groups -OCH3 is 1. The predicted octanol–water partition coefficient (Wildman–Crippen LogP) is 0.922. The molecule has 0 saturated carbocycles. The van der Waals surface area contributed by atoms with Crippen molar-refractivity contribution in [2.75, 3.05) is 25.6 Å². The van der Waals surface area contributed by atoms with Gasteiger partial charge in [-0.15, -0.1) is 0 Å². The Kier molecular flexibility index (Phi) is 5.14. The molecule has 17 heavy (non-hydrogen) atoms. The van der Waals surface area contributed by atoms with Crippen LogP contribution in [-0.2, 0) is 9.53 Å². The summed E-state index contributed by atoms with van der Waals surface area (Å²) in [7, 11) is 3.17. The molecule has 0 bridgehead atoms. The molecule has 0 radical (unpaired) electrons. The van der Waals surface area contributed by atoms with E-state index in [-0.39, 0.29) is 11.5 Å². The summed E-state index contributed by atoms with van der Waals surface area (Å²) in [5.74, 6) is 0.315. The number of carbonyl (C=O) groups excluding carboxylic acids is 1. The predicted molar refractivity (Wildman–Crippen MR) is 67.1 cm³/mol. The van der Waals surface area contributed by atoms with Crippen molar-refractivity contribution in [2.45, 2.75) is 12.8 Å². The fourth-order valence-corrected chi connectivity index (χ4v) is 1.83. The lowest BCUT2D eigenvalue weighted by Crippen LogP contribution is -2.24. The van der Waals surface area contributed by atoms with E-state index in [0.29, 0.717) is 29.7 Å². The van der Waals surface area contributed by atoms with Crippen LogP contribution in [0.3, 0.4) is 0 Å². The van der Waals surface area contributed by atoms with E-state index in [0.717, 1.165) is 0 Å². The zero-order valence-corrected chi connectivity index (χ0v) is 11.3. The number of rotatable bonds is 5. The summed E-state index contributed by atoms with van der Waals surface area (Å²) >= 11 is 3.18. The number of nitrogens with zero attached hydrogens (tertiary/aromatic N) is 2. The van der Waals surface area contributed by atoms with Crippen LogP contribution in [0.5, 0.6) is 0 Å². The van der Waals surface area contributed by atoms with Crippen LogP contribution in [0.15, 0.2) is 15.6 Å². The van der Waals surface area contributed by atoms with Crippen molar-refractivity contribution >= 4 is 27.7 Å². The summed E-state index contributed by atoms with van der Waals surface area (Å²) in [6, 6.07) is 0. The van der Waals surface area contributed by atoms with Crippen LogP contribution in [0.1, 0.15) is 12.8 Å². The van der Waals surface area contributed by atoms with Crippen LogP contribution in [-0.4, -0.2) is 36.6 Å². The van der Waals surface area contributed by atoms with Gasteiger partial charge >= 0.3 is 5.97 Å². The van der Waals surface area contributed by atoms with Crippen molar-refractivity contribution in [3.8, 4) is 0 Å². The molecule has 0 saturated heterocycles. The molecule has 0 atom stereocenters. The van der Waals surface area contributed by atoms with Crippen LogP contribution < -0.4 is 10.5 Å². The number of hydrogen-bond donors (Lipinski definition) is 1. The topological polar surface area (TPSA) is 75.3 Å². The van der Waals surface area contributed by atoms with Crippen LogP contribution in [0.2, 0.25) is 0 Å². The number of ether oxygens (including phenoxy) is 1. The molecule has 0 unspecified atom stereocenters. The van der Waals surface area contributed by atoms with E-state index in [9.17, 15) is 9.59 Å². The first kappa shape index (κ1) is 13.7. The number of aromatic nitrogens is 2. The maximum Gasteiger partial charge on any atom is 0.305 e. The number of nitrogens with one attached hydrogen (secondary N) is 1. The fraction of sp³-hybridized carbons (Fsp3) is 0.500. The lowest BCUT2D eigenvalue weighted by atomic mass is 10.3. The molecule has 7 heteroatoms. The van der Waals surface area contributed by atoms with Crippen molar-refractivity contribution in [3.63, 3.8) is 0 Å². The summed E-state index contributed by atoms with van der Waals surface area (Å²) in [6.07, 6.45) is 2.34. The van der Waals surface area contributed by atoms with Crippen molar-refractivity contribution in [1.29, 1.82) is 0 Å². The van der Waals surface area contributed by atoms with Gasteiger partial charge in [0.25, 0.3) is 5.56 Å². The molecule has 0 aliphatic carbocycles. The number of aromatic amines is 1. The lowest BCUT2D eigenvalue weighted by molar-refractivity contribution is -0.140. The van der Waals surface area contributed by atoms with Gasteiger partial charge < -0.3 is 14.6 Å². The van der Waals surface area contributed by atoms with Crippen molar-refractivity contribution in [3.05, 3.63) is 21.2 Å². The first-order chi connectivity index (χ1) is 8.06. The van der Waals surface area contributed by atoms with Gasteiger partial charge in [-0.05, 0) is 22.4 Å². The Balaban J connectivity index is 2.58. The third kappa shape index (κ3) is 3.85. The quantitative estimate of drug-likeness (QED) is 0.819. The largest absolute Gasteiger partial charge is 0.469 e. The molecule has 1 N–H and O–H groups in total. The average molecular weight is 304 g/mol. The first-order valence-corrected chi connectivity index (χ1v) is 5.86. The molecule has 6 nitrogen and oxygen atoms in total. The van der Waals surface area contributed by atoms with Gasteiger partial charge in [0.1, 0.15) is 10.3 Å². The van der Waals surface area contributed by atoms with E-state index in [1.54, 1.807) is 0 Å². The molecule has 0 spiro atoms. The molecular formula is C10H14BrN3O3. The second-order valence-electron chi connectivity index (χ2n) is 3.47. The second kappa shape index (κ2) is 6.39. The smallest absolute Gasteiger partial charge is 0.305 e. The Morgan fingerprint density at radius 3 is 3.00 bits per heavy atom. The van der Waals surface area contributed by atoms with Crippen molar-refractivity contribution < 1.29 is 9.53 Å². The monoisotopic (exact) mass is 303 g/mol. The Morgan fingerprint density at radius 2 is 2.35 bits per heavy atom. The molecule has 1 aromatic heterocycles. The number of anilines is 1. The van der Waals surface area contributed by atoms with Gasteiger partial charge in [0, 0.05) is 20.0 Å². The van der Waals surface area contributed by atoms with Gasteiger partial charge in [-0.1, -0.05) is 0 Å². The molecule has 1 aromatic rings. The van der Waals surface area contributed by atoms with Gasteiger partial charge in [-0.2, -0.15) is 0 Å². The minimum Gasteiger partial charge on any atom is -0.469 e. The van der Waals surface area contributed by atoms with Crippen LogP contribution >= 0.6 is 15.9 Å². The van der Waals surface area contributed by atoms with E-state index >= 15 is 0 Å². The zero-order chi connectivity index (χ0) is 12.8. The number of H-pyrrole nitrogens is 1. The number of carbonyl (C=O) groups is 1. The maximum absolute atomic E-state index is 11.3. The molecule has 94 valence electrons. The van der Waals surface area contributed by atoms with Crippen LogP contribution in [0.4, 0.5) is 5.82 Å². The van der Waals surface area contributed by atoms with E-state index in [1.165, 1.54) is 13.4 Å². The molecule has 0 fully saturated rings. The molecule has 1 rings (SSSR count). The highest BCUT2D eigenvalue weighted by Crippen LogP contribution is 2.17. The second-order valence-corrected chi connectivity index (χ2v) is 4.26. The number of hydrogen-bond acceptors (Lipinski definition) is 5. The summed E-state index contributed by atoms with van der Waals surface area (Å²) in [6.45, 7) is 0.615. The molecule has 0 aliphatic rings. The molecule has 0 aromatic carbocycles. The van der Waals surface area contributed by atoms with E-state index < -0.39 is 0 Å². The van der Waals surface area contributed by atoms with E-state index in [2.05, 4.69) is 30.6 Å². The number of halogens is 1. The highest BCUT2D eigenvalue weighted by molar-refractivity contribution is 9.10. The molecule has 1 heterocycles. The maximum atomic E-state index is 11.3. The summed E-state index contributed by atoms with van der Waals surface area (Å²) in [5.41, 5.74) is -0.227. The minimum atomic E-state index is -0.240. The van der Waals surface area contributed by atoms with Gasteiger partial charge in [-0.3, -0.25) is 9.59 Å². The molecule has 0 amide bonds. The van der Waals surface area contributed by atoms with Gasteiger partial charge in [-0.25, -0.2) is 4.98 Å². The summed E-state index contributed by atoms with van der Waals surface area (Å²) in [4.78, 5) is 30.6. The Hall–Kier alpha value is -1.37. The Bertz CT molecular complexity index is 447. The van der Waals surface area contributed by atoms with Crippen LogP contribution in [0, 0.1) is 0 Å². The SMILES string of the molecule is COC(=O)CCCN(C)c1nc[nH]c(=O)c1Br. The molecule has 0 aliphatic heterocycles. The normalized spacial score (nSPS) is 10.1. The summed E-state index contributed by atoms with van der Waals surface area (Å²) < 4.78 is 4.93. The average Bonchev–Trinajstić information content (AvgIpc) is 2.32. The van der Waals surface area contributed by atoms with Crippen molar-refractivity contribution in [1.82, 2.24) is 9.97 Å². The third-order valence-electron chi connectivity index (χ3n) is 2.24. The Morgan fingerprint density at radius 1 is 1.65 bits per heavy atom. The van der Waals surface area contributed by atoms with E-state index in [1.807, 2.05) is 11.9 Å². The van der Waals surface area contributed by atoms with Crippen molar-refractivity contribution in [2.24, 2.45) is 0 Å². The van der Waals surface area contributed by atoms with E-state index in [4.69, 9.17) is 0 Å². The zero-order valence-electron chi connectivity index (χ0n) is 9.70. The van der Waals surface area contributed by atoms with Gasteiger partial charge in [0.15, 0.2) is 0 Å². The Labute approximate surface area is 107 Å². The number of esters is 1. The van der Waals surface area contributed by atoms with Gasteiger partial charge in [0.2, 0.25) is 0 Å². The first-order valence-electron chi connectivity index (χ1n) is 5.07. The molecular weight excluding hydrogens is 290 g/mol. The third-order valence-corrected chi connectivity index (χ3v) is 2.96. The standard InChI is InChI=1S/C10H14BrN3O3/c1-14(5-3-4-7(15)17-2)9-8(11)10(16)13-6-12-9/h6H,3-5H2,1-2H3,(H,12,13,16). The summed E-state index contributed by atoms with van der Waals surface area (Å²) in [5, 5.41) is 0. The fourth-order valence-electron chi connectivity index (χ4n) is 1.31. The lowest BCUT2D eigenvalue weighted by Gasteiger charge is -2.18.